The molecule has 0 aromatic heterocycles. The number of hydrogen-bond donors (Lipinski definition) is 1. The summed E-state index contributed by atoms with van der Waals surface area (Å²) >= 11 is 0. The number of carbonyl (C=O) groups excluding carboxylic acids is 1. The molecule has 27 heavy (non-hydrogen) atoms. The molecule has 2 aliphatic heterocycles. The first-order valence-electron chi connectivity index (χ1n) is 9.86. The zero-order valence-corrected chi connectivity index (χ0v) is 15.7. The number of amides is 1. The second-order valence-electron chi connectivity index (χ2n) is 7.23. The first-order valence-corrected chi connectivity index (χ1v) is 9.86. The van der Waals surface area contributed by atoms with Crippen LogP contribution in [0.15, 0.2) is 48.5 Å². The van der Waals surface area contributed by atoms with Gasteiger partial charge in [0, 0.05) is 56.6 Å². The van der Waals surface area contributed by atoms with E-state index in [0.29, 0.717) is 13.0 Å². The molecule has 2 heterocycles. The third-order valence-electron chi connectivity index (χ3n) is 5.36. The van der Waals surface area contributed by atoms with E-state index in [9.17, 15) is 4.79 Å². The van der Waals surface area contributed by atoms with Gasteiger partial charge < -0.3 is 15.0 Å². The molecule has 0 saturated carbocycles. The lowest BCUT2D eigenvalue weighted by Gasteiger charge is -2.36. The van der Waals surface area contributed by atoms with Gasteiger partial charge in [-0.3, -0.25) is 9.69 Å². The monoisotopic (exact) mass is 365 g/mol. The molecule has 0 aliphatic carbocycles. The van der Waals surface area contributed by atoms with E-state index in [1.807, 2.05) is 12.1 Å². The molecule has 2 aliphatic rings. The molecule has 0 atom stereocenters. The highest BCUT2D eigenvalue weighted by Crippen LogP contribution is 2.27. The summed E-state index contributed by atoms with van der Waals surface area (Å²) in [5.41, 5.74) is 3.42. The molecule has 1 amide bonds. The van der Waals surface area contributed by atoms with Gasteiger partial charge in [-0.1, -0.05) is 24.3 Å². The Bertz CT molecular complexity index is 770. The van der Waals surface area contributed by atoms with Crippen molar-refractivity contribution in [3.63, 3.8) is 0 Å². The number of carbonyl (C=O) groups is 1. The number of piperazine rings is 1. The van der Waals surface area contributed by atoms with E-state index in [1.165, 1.54) is 11.3 Å². The predicted octanol–water partition coefficient (Wildman–Crippen LogP) is 3.16. The number of para-hydroxylation sites is 1. The minimum atomic E-state index is 0.0919. The molecule has 1 N–H and O–H groups in total. The van der Waals surface area contributed by atoms with Crippen molar-refractivity contribution in [1.82, 2.24) is 4.90 Å². The summed E-state index contributed by atoms with van der Waals surface area (Å²) in [6.45, 7) is 6.11. The van der Waals surface area contributed by atoms with Gasteiger partial charge in [-0.15, -0.1) is 0 Å². The maximum absolute atomic E-state index is 11.5. The summed E-state index contributed by atoms with van der Waals surface area (Å²) in [6, 6.07) is 16.7. The van der Waals surface area contributed by atoms with E-state index in [1.54, 1.807) is 0 Å². The minimum absolute atomic E-state index is 0.0919. The number of rotatable bonds is 6. The van der Waals surface area contributed by atoms with E-state index < -0.39 is 0 Å². The van der Waals surface area contributed by atoms with Gasteiger partial charge in [-0.25, -0.2) is 0 Å². The maximum atomic E-state index is 11.5. The van der Waals surface area contributed by atoms with E-state index in [2.05, 4.69) is 51.5 Å². The number of fused-ring (bicyclic) bond motifs is 1. The van der Waals surface area contributed by atoms with Crippen LogP contribution in [-0.2, 0) is 11.2 Å². The molecule has 142 valence electrons. The highest BCUT2D eigenvalue weighted by atomic mass is 16.5. The largest absolute Gasteiger partial charge is 0.493 e. The second-order valence-corrected chi connectivity index (χ2v) is 7.23. The van der Waals surface area contributed by atoms with Gasteiger partial charge >= 0.3 is 0 Å². The average Bonchev–Trinajstić information content (AvgIpc) is 2.72. The van der Waals surface area contributed by atoms with Gasteiger partial charge in [0.05, 0.1) is 6.61 Å². The van der Waals surface area contributed by atoms with Crippen LogP contribution in [0.5, 0.6) is 5.75 Å². The van der Waals surface area contributed by atoms with E-state index in [-0.39, 0.29) is 5.91 Å². The molecule has 2 aromatic rings. The summed E-state index contributed by atoms with van der Waals surface area (Å²) in [5.74, 6) is 0.930. The lowest BCUT2D eigenvalue weighted by atomic mass is 10.0. The van der Waals surface area contributed by atoms with Crippen LogP contribution in [0.4, 0.5) is 11.4 Å². The lowest BCUT2D eigenvalue weighted by Crippen LogP contribution is -2.46. The SMILES string of the molecule is O=C1CCc2ccc(OCCCN3CCN(c4ccccc4)CC3)cc2N1. The standard InChI is InChI=1S/C22H27N3O2/c26-22-10-8-18-7-9-20(17-21(18)23-22)27-16-4-11-24-12-14-25(15-13-24)19-5-2-1-3-6-19/h1-3,5-7,9,17H,4,8,10-16H2,(H,23,26). The second kappa shape index (κ2) is 8.44. The fourth-order valence-electron chi connectivity index (χ4n) is 3.79. The van der Waals surface area contributed by atoms with Gasteiger partial charge in [-0.2, -0.15) is 0 Å². The summed E-state index contributed by atoms with van der Waals surface area (Å²) in [4.78, 5) is 16.5. The molecule has 4 rings (SSSR count). The van der Waals surface area contributed by atoms with Crippen LogP contribution in [0.25, 0.3) is 0 Å². The lowest BCUT2D eigenvalue weighted by molar-refractivity contribution is -0.116. The Hall–Kier alpha value is -2.53. The third-order valence-corrected chi connectivity index (χ3v) is 5.36. The van der Waals surface area contributed by atoms with E-state index >= 15 is 0 Å². The average molecular weight is 365 g/mol. The molecule has 1 saturated heterocycles. The first-order chi connectivity index (χ1) is 13.3. The number of aryl methyl sites for hydroxylation is 1. The third kappa shape index (κ3) is 4.61. The Kier molecular flexibility index (Phi) is 5.58. The molecule has 5 heteroatoms. The topological polar surface area (TPSA) is 44.8 Å². The Labute approximate surface area is 160 Å². The smallest absolute Gasteiger partial charge is 0.224 e. The normalized spacial score (nSPS) is 17.3. The first kappa shape index (κ1) is 17.9. The fourth-order valence-corrected chi connectivity index (χ4v) is 3.79. The van der Waals surface area contributed by atoms with Crippen LogP contribution in [0, 0.1) is 0 Å². The van der Waals surface area contributed by atoms with Gasteiger partial charge in [0.25, 0.3) is 0 Å². The van der Waals surface area contributed by atoms with Crippen LogP contribution in [0.2, 0.25) is 0 Å². The van der Waals surface area contributed by atoms with Crippen LogP contribution >= 0.6 is 0 Å². The van der Waals surface area contributed by atoms with Crippen LogP contribution in [0.1, 0.15) is 18.4 Å². The number of hydrogen-bond acceptors (Lipinski definition) is 4. The highest BCUT2D eigenvalue weighted by molar-refractivity contribution is 5.94. The predicted molar refractivity (Wildman–Crippen MR) is 109 cm³/mol. The Morgan fingerprint density at radius 2 is 1.78 bits per heavy atom. The van der Waals surface area contributed by atoms with Crippen LogP contribution in [-0.4, -0.2) is 50.1 Å². The number of ether oxygens (including phenoxy) is 1. The number of benzene rings is 2. The van der Waals surface area contributed by atoms with Crippen molar-refractivity contribution in [2.24, 2.45) is 0 Å². The van der Waals surface area contributed by atoms with Crippen molar-refractivity contribution in [2.75, 3.05) is 49.5 Å². The molecule has 0 unspecified atom stereocenters. The van der Waals surface area contributed by atoms with E-state index in [0.717, 1.165) is 57.0 Å². The van der Waals surface area contributed by atoms with Crippen molar-refractivity contribution in [3.05, 3.63) is 54.1 Å². The Morgan fingerprint density at radius 1 is 0.963 bits per heavy atom. The molecule has 2 aromatic carbocycles. The number of anilines is 2. The number of nitrogens with zero attached hydrogens (tertiary/aromatic N) is 2. The molecule has 0 spiro atoms. The molecule has 1 fully saturated rings. The zero-order chi connectivity index (χ0) is 18.5. The van der Waals surface area contributed by atoms with Crippen molar-refractivity contribution in [3.8, 4) is 5.75 Å². The maximum Gasteiger partial charge on any atom is 0.224 e. The zero-order valence-electron chi connectivity index (χ0n) is 15.7. The molecular formula is C22H27N3O2. The summed E-state index contributed by atoms with van der Waals surface area (Å²) < 4.78 is 5.90. The quantitative estimate of drug-likeness (QED) is 0.799. The number of nitrogens with one attached hydrogen (secondary N) is 1. The van der Waals surface area contributed by atoms with Gasteiger partial charge in [0.15, 0.2) is 0 Å². The van der Waals surface area contributed by atoms with Gasteiger partial charge in [0.1, 0.15) is 5.75 Å². The Morgan fingerprint density at radius 3 is 2.59 bits per heavy atom. The summed E-state index contributed by atoms with van der Waals surface area (Å²) in [5, 5.41) is 2.93. The highest BCUT2D eigenvalue weighted by Gasteiger charge is 2.17. The van der Waals surface area contributed by atoms with Crippen molar-refractivity contribution >= 4 is 17.3 Å². The molecule has 0 radical (unpaired) electrons. The van der Waals surface area contributed by atoms with Crippen molar-refractivity contribution < 1.29 is 9.53 Å². The minimum Gasteiger partial charge on any atom is -0.493 e. The van der Waals surface area contributed by atoms with Gasteiger partial charge in [0.2, 0.25) is 5.91 Å². The van der Waals surface area contributed by atoms with Crippen molar-refractivity contribution in [1.29, 1.82) is 0 Å². The van der Waals surface area contributed by atoms with Gasteiger partial charge in [-0.05, 0) is 36.6 Å². The molecule has 5 nitrogen and oxygen atoms in total. The fraction of sp³-hybridized carbons (Fsp3) is 0.409. The van der Waals surface area contributed by atoms with Crippen LogP contribution in [0.3, 0.4) is 0 Å². The van der Waals surface area contributed by atoms with Crippen molar-refractivity contribution in [2.45, 2.75) is 19.3 Å². The molecule has 0 bridgehead atoms. The summed E-state index contributed by atoms with van der Waals surface area (Å²) in [6.07, 6.45) is 2.40. The summed E-state index contributed by atoms with van der Waals surface area (Å²) in [7, 11) is 0. The van der Waals surface area contributed by atoms with E-state index in [4.69, 9.17) is 4.74 Å². The molecular weight excluding hydrogens is 338 g/mol. The Balaban J connectivity index is 1.18. The van der Waals surface area contributed by atoms with Crippen LogP contribution < -0.4 is 15.0 Å².